The van der Waals surface area contributed by atoms with Gasteiger partial charge in [0.05, 0.1) is 11.2 Å². The summed E-state index contributed by atoms with van der Waals surface area (Å²) in [7, 11) is 0. The Hall–Kier alpha value is -1.81. The van der Waals surface area contributed by atoms with Crippen LogP contribution in [0.4, 0.5) is 11.4 Å². The number of rotatable bonds is 2. The van der Waals surface area contributed by atoms with Crippen LogP contribution in [-0.2, 0) is 12.8 Å². The molecule has 2 heterocycles. The van der Waals surface area contributed by atoms with Crippen LogP contribution in [0.25, 0.3) is 10.9 Å². The Morgan fingerprint density at radius 2 is 1.90 bits per heavy atom. The van der Waals surface area contributed by atoms with Gasteiger partial charge in [-0.1, -0.05) is 0 Å². The minimum Gasteiger partial charge on any atom is -0.372 e. The summed E-state index contributed by atoms with van der Waals surface area (Å²) in [4.78, 5) is 7.32. The van der Waals surface area contributed by atoms with E-state index >= 15 is 0 Å². The second kappa shape index (κ2) is 5.19. The molecule has 3 N–H and O–H groups in total. The van der Waals surface area contributed by atoms with Crippen molar-refractivity contribution >= 4 is 22.3 Å². The third-order valence-corrected chi connectivity index (χ3v) is 4.86. The number of pyridine rings is 1. The normalized spacial score (nSPS) is 18.0. The molecule has 0 unspecified atom stereocenters. The molecule has 21 heavy (non-hydrogen) atoms. The van der Waals surface area contributed by atoms with Gasteiger partial charge in [-0.05, 0) is 62.3 Å². The molecule has 0 radical (unpaired) electrons. The Bertz CT molecular complexity index is 674. The van der Waals surface area contributed by atoms with E-state index in [9.17, 15) is 0 Å². The molecule has 4 rings (SSSR count). The molecule has 1 fully saturated rings. The van der Waals surface area contributed by atoms with E-state index in [4.69, 9.17) is 10.8 Å². The van der Waals surface area contributed by atoms with Gasteiger partial charge in [-0.15, -0.1) is 0 Å². The van der Waals surface area contributed by atoms with Gasteiger partial charge in [0.1, 0.15) is 0 Å². The van der Waals surface area contributed by atoms with Crippen molar-refractivity contribution in [3.05, 3.63) is 29.5 Å². The molecular weight excluding hydrogens is 260 g/mol. The summed E-state index contributed by atoms with van der Waals surface area (Å²) in [6, 6.07) is 6.63. The highest BCUT2D eigenvalue weighted by atomic mass is 15.2. The predicted octanol–water partition coefficient (Wildman–Crippen LogP) is 3.00. The molecule has 1 aliphatic heterocycles. The van der Waals surface area contributed by atoms with Gasteiger partial charge in [-0.3, -0.25) is 10.8 Å². The number of aromatic nitrogens is 1. The van der Waals surface area contributed by atoms with Gasteiger partial charge in [0.15, 0.2) is 0 Å². The molecule has 4 heteroatoms. The lowest BCUT2D eigenvalue weighted by molar-refractivity contribution is 0.578. The number of hydrogen-bond acceptors (Lipinski definition) is 4. The predicted molar refractivity (Wildman–Crippen MR) is 87.6 cm³/mol. The zero-order chi connectivity index (χ0) is 14.2. The Morgan fingerprint density at radius 1 is 1.05 bits per heavy atom. The number of piperidine rings is 1. The summed E-state index contributed by atoms with van der Waals surface area (Å²) in [6.07, 6.45) is 7.30. The number of nitrogens with zero attached hydrogens (tertiary/aromatic N) is 2. The lowest BCUT2D eigenvalue weighted by Gasteiger charge is -2.29. The van der Waals surface area contributed by atoms with Crippen molar-refractivity contribution in [2.24, 2.45) is 5.84 Å². The molecule has 1 aromatic carbocycles. The molecule has 0 spiro atoms. The first-order valence-electron chi connectivity index (χ1n) is 8.04. The molecule has 4 nitrogen and oxygen atoms in total. The number of benzene rings is 1. The van der Waals surface area contributed by atoms with E-state index in [1.54, 1.807) is 0 Å². The summed E-state index contributed by atoms with van der Waals surface area (Å²) in [6.45, 7) is 2.32. The molecule has 1 aromatic heterocycles. The standard InChI is InChI=1S/C17H22N4/c18-20-17-13-5-4-6-15(13)19-16-8-7-12(11-14(16)17)21-9-2-1-3-10-21/h7-8,11H,1-6,9-10,18H2,(H,19,20). The number of hydrazine groups is 1. The lowest BCUT2D eigenvalue weighted by atomic mass is 10.0. The van der Waals surface area contributed by atoms with E-state index in [1.807, 2.05) is 0 Å². The fourth-order valence-electron chi connectivity index (χ4n) is 3.76. The van der Waals surface area contributed by atoms with Crippen LogP contribution in [0.15, 0.2) is 18.2 Å². The van der Waals surface area contributed by atoms with Crippen molar-refractivity contribution in [2.75, 3.05) is 23.4 Å². The van der Waals surface area contributed by atoms with Gasteiger partial charge in [-0.2, -0.15) is 0 Å². The first kappa shape index (κ1) is 12.9. The van der Waals surface area contributed by atoms with Gasteiger partial charge in [0.25, 0.3) is 0 Å². The monoisotopic (exact) mass is 282 g/mol. The molecule has 0 saturated carbocycles. The number of nitrogens with one attached hydrogen (secondary N) is 1. The zero-order valence-corrected chi connectivity index (χ0v) is 12.4. The van der Waals surface area contributed by atoms with Crippen LogP contribution in [-0.4, -0.2) is 18.1 Å². The van der Waals surface area contributed by atoms with E-state index in [0.717, 1.165) is 37.1 Å². The van der Waals surface area contributed by atoms with Crippen LogP contribution in [0.2, 0.25) is 0 Å². The van der Waals surface area contributed by atoms with Crippen molar-refractivity contribution in [2.45, 2.75) is 38.5 Å². The van der Waals surface area contributed by atoms with Crippen LogP contribution in [0.3, 0.4) is 0 Å². The van der Waals surface area contributed by atoms with Crippen molar-refractivity contribution in [1.82, 2.24) is 4.98 Å². The molecule has 1 saturated heterocycles. The summed E-state index contributed by atoms with van der Waals surface area (Å²) >= 11 is 0. The van der Waals surface area contributed by atoms with Crippen molar-refractivity contribution < 1.29 is 0 Å². The maximum Gasteiger partial charge on any atom is 0.0728 e. The van der Waals surface area contributed by atoms with Crippen molar-refractivity contribution in [3.63, 3.8) is 0 Å². The highest BCUT2D eigenvalue weighted by molar-refractivity contribution is 5.95. The van der Waals surface area contributed by atoms with Gasteiger partial charge in [0.2, 0.25) is 0 Å². The van der Waals surface area contributed by atoms with Crippen molar-refractivity contribution in [3.8, 4) is 0 Å². The van der Waals surface area contributed by atoms with E-state index in [-0.39, 0.29) is 0 Å². The van der Waals surface area contributed by atoms with Crippen molar-refractivity contribution in [1.29, 1.82) is 0 Å². The third-order valence-electron chi connectivity index (χ3n) is 4.86. The van der Waals surface area contributed by atoms with Crippen LogP contribution < -0.4 is 16.2 Å². The SMILES string of the molecule is NNc1c2c(nc3ccc(N4CCCCC4)cc13)CCC2. The Kier molecular flexibility index (Phi) is 3.19. The van der Waals surface area contributed by atoms with Gasteiger partial charge in [0, 0.05) is 29.9 Å². The van der Waals surface area contributed by atoms with Gasteiger partial charge >= 0.3 is 0 Å². The molecule has 1 aliphatic carbocycles. The summed E-state index contributed by atoms with van der Waals surface area (Å²) < 4.78 is 0. The Balaban J connectivity index is 1.84. The maximum absolute atomic E-state index is 5.83. The molecule has 0 atom stereocenters. The minimum absolute atomic E-state index is 1.06. The molecular formula is C17H22N4. The summed E-state index contributed by atoms with van der Waals surface area (Å²) in [5.41, 5.74) is 8.94. The number of nitrogens with two attached hydrogens (primary N) is 1. The Morgan fingerprint density at radius 3 is 2.71 bits per heavy atom. The lowest BCUT2D eigenvalue weighted by Crippen LogP contribution is -2.29. The second-order valence-electron chi connectivity index (χ2n) is 6.16. The first-order chi connectivity index (χ1) is 10.4. The average Bonchev–Trinajstić information content (AvgIpc) is 3.01. The fraction of sp³-hybridized carbons (Fsp3) is 0.471. The maximum atomic E-state index is 5.83. The van der Waals surface area contributed by atoms with E-state index < -0.39 is 0 Å². The van der Waals surface area contributed by atoms with Crippen LogP contribution in [0.1, 0.15) is 36.9 Å². The quantitative estimate of drug-likeness (QED) is 0.657. The van der Waals surface area contributed by atoms with Gasteiger partial charge in [-0.25, -0.2) is 0 Å². The van der Waals surface area contributed by atoms with E-state index in [1.165, 1.54) is 48.0 Å². The first-order valence-corrected chi connectivity index (χ1v) is 8.04. The number of aryl methyl sites for hydroxylation is 1. The van der Waals surface area contributed by atoms with Gasteiger partial charge < -0.3 is 10.3 Å². The number of fused-ring (bicyclic) bond motifs is 2. The minimum atomic E-state index is 1.06. The highest BCUT2D eigenvalue weighted by Gasteiger charge is 2.20. The van der Waals surface area contributed by atoms with Crippen LogP contribution in [0, 0.1) is 0 Å². The molecule has 110 valence electrons. The largest absolute Gasteiger partial charge is 0.372 e. The third kappa shape index (κ3) is 2.14. The summed E-state index contributed by atoms with van der Waals surface area (Å²) in [5, 5.41) is 1.17. The molecule has 2 aliphatic rings. The van der Waals surface area contributed by atoms with Crippen LogP contribution >= 0.6 is 0 Å². The topological polar surface area (TPSA) is 54.2 Å². The molecule has 2 aromatic rings. The number of hydrogen-bond donors (Lipinski definition) is 2. The molecule has 0 amide bonds. The second-order valence-corrected chi connectivity index (χ2v) is 6.16. The average molecular weight is 282 g/mol. The number of anilines is 2. The summed E-state index contributed by atoms with van der Waals surface area (Å²) in [5.74, 6) is 5.83. The number of nitrogen functional groups attached to an aromatic ring is 1. The van der Waals surface area contributed by atoms with E-state index in [2.05, 4.69) is 28.5 Å². The zero-order valence-electron chi connectivity index (χ0n) is 12.4. The van der Waals surface area contributed by atoms with E-state index in [0.29, 0.717) is 0 Å². The smallest absolute Gasteiger partial charge is 0.0728 e. The highest BCUT2D eigenvalue weighted by Crippen LogP contribution is 2.35. The molecule has 0 bridgehead atoms. The van der Waals surface area contributed by atoms with Crippen LogP contribution in [0.5, 0.6) is 0 Å². The Labute approximate surface area is 125 Å². The fourth-order valence-corrected chi connectivity index (χ4v) is 3.76.